The van der Waals surface area contributed by atoms with Gasteiger partial charge >= 0.3 is 0 Å². The summed E-state index contributed by atoms with van der Waals surface area (Å²) in [4.78, 5) is 20.6. The SMILES string of the molecule is Cn1ccc2c(Nc3nc(N[C@@H]4CCCC[C@@H]4N)nnc3C(N)=O)ccnc21. The van der Waals surface area contributed by atoms with E-state index in [-0.39, 0.29) is 23.6 Å². The molecule has 3 aromatic rings. The highest BCUT2D eigenvalue weighted by Gasteiger charge is 2.23. The molecule has 1 amide bonds. The van der Waals surface area contributed by atoms with Crippen molar-refractivity contribution < 1.29 is 4.79 Å². The number of anilines is 3. The van der Waals surface area contributed by atoms with E-state index in [9.17, 15) is 4.79 Å². The molecule has 1 aliphatic rings. The fourth-order valence-corrected chi connectivity index (χ4v) is 3.55. The molecule has 4 rings (SSSR count). The Kier molecular flexibility index (Phi) is 4.78. The fourth-order valence-electron chi connectivity index (χ4n) is 3.55. The number of fused-ring (bicyclic) bond motifs is 1. The van der Waals surface area contributed by atoms with Crippen molar-refractivity contribution in [2.45, 2.75) is 37.8 Å². The zero-order valence-electron chi connectivity index (χ0n) is 15.6. The predicted molar refractivity (Wildman–Crippen MR) is 106 cm³/mol. The highest BCUT2D eigenvalue weighted by atomic mass is 16.1. The number of nitrogens with two attached hydrogens (primary N) is 2. The molecule has 10 nitrogen and oxygen atoms in total. The lowest BCUT2D eigenvalue weighted by Gasteiger charge is -2.29. The highest BCUT2D eigenvalue weighted by molar-refractivity contribution is 5.98. The third-order valence-corrected chi connectivity index (χ3v) is 5.08. The van der Waals surface area contributed by atoms with Crippen LogP contribution in [0.1, 0.15) is 36.2 Å². The summed E-state index contributed by atoms with van der Waals surface area (Å²) in [5.74, 6) is -0.152. The standard InChI is InChI=1S/C18H23N9O/c1-27-9-7-10-12(6-8-21-17(10)27)22-16-14(15(20)28)25-26-18(24-16)23-13-5-3-2-4-11(13)19/h6-9,11,13H,2-5,19H2,1H3,(H2,20,28)(H2,21,22,23,24,26)/t11-,13+/m0/s1. The zero-order valence-corrected chi connectivity index (χ0v) is 15.6. The van der Waals surface area contributed by atoms with Crippen molar-refractivity contribution >= 4 is 34.4 Å². The molecule has 0 aromatic carbocycles. The number of pyridine rings is 1. The minimum absolute atomic E-state index is 0.0283. The van der Waals surface area contributed by atoms with E-state index in [2.05, 4.69) is 30.8 Å². The van der Waals surface area contributed by atoms with Crippen LogP contribution in [-0.2, 0) is 7.05 Å². The molecule has 2 atom stereocenters. The van der Waals surface area contributed by atoms with Crippen molar-refractivity contribution in [3.05, 3.63) is 30.2 Å². The van der Waals surface area contributed by atoms with Gasteiger partial charge in [-0.05, 0) is 25.0 Å². The number of rotatable bonds is 5. The van der Waals surface area contributed by atoms with Crippen LogP contribution in [0.25, 0.3) is 11.0 Å². The van der Waals surface area contributed by atoms with Crippen LogP contribution in [0.4, 0.5) is 17.5 Å². The summed E-state index contributed by atoms with van der Waals surface area (Å²) in [7, 11) is 1.91. The average Bonchev–Trinajstić information content (AvgIpc) is 3.06. The predicted octanol–water partition coefficient (Wildman–Crippen LogP) is 1.28. The molecule has 0 unspecified atom stereocenters. The first kappa shape index (κ1) is 18.1. The van der Waals surface area contributed by atoms with Crippen LogP contribution in [0, 0.1) is 0 Å². The molecule has 0 radical (unpaired) electrons. The van der Waals surface area contributed by atoms with Gasteiger partial charge in [0.25, 0.3) is 5.91 Å². The summed E-state index contributed by atoms with van der Waals surface area (Å²) in [6, 6.07) is 3.85. The summed E-state index contributed by atoms with van der Waals surface area (Å²) in [6.07, 6.45) is 7.72. The Morgan fingerprint density at radius 1 is 1.25 bits per heavy atom. The molecule has 3 heterocycles. The number of hydrogen-bond acceptors (Lipinski definition) is 8. The number of nitrogens with one attached hydrogen (secondary N) is 2. The number of carbonyl (C=O) groups excluding carboxylic acids is 1. The minimum Gasteiger partial charge on any atom is -0.364 e. The fraction of sp³-hybridized carbons (Fsp3) is 0.389. The van der Waals surface area contributed by atoms with Crippen molar-refractivity contribution in [1.82, 2.24) is 24.7 Å². The van der Waals surface area contributed by atoms with E-state index in [0.717, 1.165) is 42.4 Å². The van der Waals surface area contributed by atoms with Gasteiger partial charge in [-0.25, -0.2) is 4.98 Å². The van der Waals surface area contributed by atoms with Gasteiger partial charge in [0, 0.05) is 36.9 Å². The van der Waals surface area contributed by atoms with E-state index in [0.29, 0.717) is 5.95 Å². The Morgan fingerprint density at radius 3 is 2.86 bits per heavy atom. The second kappa shape index (κ2) is 7.39. The van der Waals surface area contributed by atoms with Gasteiger partial charge in [-0.2, -0.15) is 4.98 Å². The third-order valence-electron chi connectivity index (χ3n) is 5.08. The van der Waals surface area contributed by atoms with Crippen molar-refractivity contribution in [3.8, 4) is 0 Å². The molecule has 0 spiro atoms. The largest absolute Gasteiger partial charge is 0.364 e. The molecule has 0 saturated heterocycles. The summed E-state index contributed by atoms with van der Waals surface area (Å²) in [5.41, 5.74) is 13.2. The van der Waals surface area contributed by atoms with Crippen molar-refractivity contribution in [1.29, 1.82) is 0 Å². The van der Waals surface area contributed by atoms with E-state index in [1.807, 2.05) is 23.9 Å². The normalized spacial score (nSPS) is 19.5. The number of amides is 1. The molecule has 146 valence electrons. The van der Waals surface area contributed by atoms with Gasteiger partial charge in [0.05, 0.1) is 5.69 Å². The van der Waals surface area contributed by atoms with Gasteiger partial charge in [-0.3, -0.25) is 4.79 Å². The molecule has 6 N–H and O–H groups in total. The molecule has 0 bridgehead atoms. The van der Waals surface area contributed by atoms with Crippen LogP contribution < -0.4 is 22.1 Å². The van der Waals surface area contributed by atoms with Crippen LogP contribution in [0.2, 0.25) is 0 Å². The molecule has 10 heteroatoms. The maximum Gasteiger partial charge on any atom is 0.273 e. The van der Waals surface area contributed by atoms with Crippen LogP contribution >= 0.6 is 0 Å². The van der Waals surface area contributed by atoms with Crippen LogP contribution in [-0.4, -0.2) is 42.7 Å². The summed E-state index contributed by atoms with van der Waals surface area (Å²) >= 11 is 0. The molecule has 0 aliphatic heterocycles. The lowest BCUT2D eigenvalue weighted by Crippen LogP contribution is -2.43. The van der Waals surface area contributed by atoms with E-state index < -0.39 is 5.91 Å². The van der Waals surface area contributed by atoms with Crippen LogP contribution in [0.15, 0.2) is 24.5 Å². The van der Waals surface area contributed by atoms with E-state index >= 15 is 0 Å². The van der Waals surface area contributed by atoms with Crippen molar-refractivity contribution in [2.24, 2.45) is 18.5 Å². The molecule has 3 aromatic heterocycles. The van der Waals surface area contributed by atoms with Crippen LogP contribution in [0.3, 0.4) is 0 Å². The Balaban J connectivity index is 1.67. The lowest BCUT2D eigenvalue weighted by molar-refractivity contribution is 0.0995. The summed E-state index contributed by atoms with van der Waals surface area (Å²) in [6.45, 7) is 0. The maximum absolute atomic E-state index is 11.8. The molecule has 1 aliphatic carbocycles. The number of hydrogen-bond donors (Lipinski definition) is 4. The Bertz CT molecular complexity index is 1020. The average molecular weight is 381 g/mol. The molecule has 1 saturated carbocycles. The molecule has 28 heavy (non-hydrogen) atoms. The van der Waals surface area contributed by atoms with E-state index in [4.69, 9.17) is 11.5 Å². The smallest absolute Gasteiger partial charge is 0.273 e. The first-order valence-corrected chi connectivity index (χ1v) is 9.26. The van der Waals surface area contributed by atoms with Gasteiger partial charge in [-0.15, -0.1) is 10.2 Å². The Hall–Kier alpha value is -3.27. The van der Waals surface area contributed by atoms with E-state index in [1.165, 1.54) is 0 Å². The molecule has 1 fully saturated rings. The monoisotopic (exact) mass is 381 g/mol. The Morgan fingerprint density at radius 2 is 2.07 bits per heavy atom. The van der Waals surface area contributed by atoms with Crippen molar-refractivity contribution in [3.63, 3.8) is 0 Å². The van der Waals surface area contributed by atoms with Gasteiger partial charge in [0.15, 0.2) is 11.5 Å². The first-order valence-electron chi connectivity index (χ1n) is 9.26. The second-order valence-electron chi connectivity index (χ2n) is 7.04. The second-order valence-corrected chi connectivity index (χ2v) is 7.04. The lowest BCUT2D eigenvalue weighted by atomic mass is 9.91. The summed E-state index contributed by atoms with van der Waals surface area (Å²) < 4.78 is 1.91. The maximum atomic E-state index is 11.8. The summed E-state index contributed by atoms with van der Waals surface area (Å²) in [5, 5.41) is 15.3. The topological polar surface area (TPSA) is 150 Å². The van der Waals surface area contributed by atoms with Crippen LogP contribution in [0.5, 0.6) is 0 Å². The number of nitrogens with zero attached hydrogens (tertiary/aromatic N) is 5. The van der Waals surface area contributed by atoms with Gasteiger partial charge < -0.3 is 26.7 Å². The Labute approximate surface area is 161 Å². The van der Waals surface area contributed by atoms with Crippen molar-refractivity contribution in [2.75, 3.05) is 10.6 Å². The van der Waals surface area contributed by atoms with Gasteiger partial charge in [0.1, 0.15) is 5.65 Å². The number of carbonyl (C=O) groups is 1. The first-order chi connectivity index (χ1) is 13.5. The van der Waals surface area contributed by atoms with E-state index in [1.54, 1.807) is 12.3 Å². The number of aromatic nitrogens is 5. The number of primary amides is 1. The molecular formula is C18H23N9O. The third kappa shape index (κ3) is 3.46. The van der Waals surface area contributed by atoms with Gasteiger partial charge in [0.2, 0.25) is 5.95 Å². The van der Waals surface area contributed by atoms with Gasteiger partial charge in [-0.1, -0.05) is 12.8 Å². The molecular weight excluding hydrogens is 358 g/mol. The quantitative estimate of drug-likeness (QED) is 0.516. The zero-order chi connectivity index (χ0) is 19.7. The highest BCUT2D eigenvalue weighted by Crippen LogP contribution is 2.26. The number of aryl methyl sites for hydroxylation is 1. The minimum atomic E-state index is -0.707.